The summed E-state index contributed by atoms with van der Waals surface area (Å²) in [5.41, 5.74) is 4.97. The maximum absolute atomic E-state index is 10.7. The van der Waals surface area contributed by atoms with Crippen LogP contribution in [0.4, 0.5) is 4.79 Å². The molecule has 0 atom stereocenters. The molecule has 1 amide bonds. The zero-order chi connectivity index (χ0) is 14.3. The Kier molecular flexibility index (Phi) is 3.32. The Labute approximate surface area is 113 Å². The number of hydrogen-bond donors (Lipinski definition) is 1. The molecule has 102 valence electrons. The Hall–Kier alpha value is -1.53. The summed E-state index contributed by atoms with van der Waals surface area (Å²) in [6, 6.07) is 6.96. The van der Waals surface area contributed by atoms with Crippen molar-refractivity contribution in [2.75, 3.05) is 0 Å². The van der Waals surface area contributed by atoms with Gasteiger partial charge in [-0.05, 0) is 45.3 Å². The summed E-state index contributed by atoms with van der Waals surface area (Å²) >= 11 is 0. The van der Waals surface area contributed by atoms with Gasteiger partial charge in [0, 0.05) is 0 Å². The number of amides is 1. The van der Waals surface area contributed by atoms with Gasteiger partial charge in [0.2, 0.25) is 0 Å². The minimum absolute atomic E-state index is 0.375. The van der Waals surface area contributed by atoms with E-state index in [0.29, 0.717) is 5.75 Å². The Balaban J connectivity index is 2.22. The minimum atomic E-state index is -0.842. The van der Waals surface area contributed by atoms with Gasteiger partial charge in [-0.3, -0.25) is 0 Å². The molecule has 0 saturated carbocycles. The summed E-state index contributed by atoms with van der Waals surface area (Å²) in [7, 11) is -0.485. The van der Waals surface area contributed by atoms with Gasteiger partial charge in [0.15, 0.2) is 0 Å². The standard InChI is InChI=1S/C13H18BNO4/c1-12(2)13(3,4)19-14(18-12)9-6-5-7-10(8-9)17-11(15)16/h5-8H,1-4H3,(H2,15,16). The van der Waals surface area contributed by atoms with Crippen LogP contribution in [0.1, 0.15) is 27.7 Å². The average Bonchev–Trinajstić information content (AvgIpc) is 2.47. The van der Waals surface area contributed by atoms with Crippen molar-refractivity contribution in [1.82, 2.24) is 0 Å². The van der Waals surface area contributed by atoms with E-state index in [1.165, 1.54) is 0 Å². The van der Waals surface area contributed by atoms with Crippen LogP contribution < -0.4 is 15.9 Å². The summed E-state index contributed by atoms with van der Waals surface area (Å²) in [5.74, 6) is 0.375. The number of carbonyl (C=O) groups is 1. The SMILES string of the molecule is CC1(C)OB(c2cccc(OC(N)=O)c2)OC1(C)C. The van der Waals surface area contributed by atoms with Crippen molar-refractivity contribution in [3.05, 3.63) is 24.3 Å². The Morgan fingerprint density at radius 3 is 2.32 bits per heavy atom. The van der Waals surface area contributed by atoms with Crippen LogP contribution in [-0.2, 0) is 9.31 Å². The molecule has 1 fully saturated rings. The normalized spacial score (nSPS) is 20.3. The van der Waals surface area contributed by atoms with Gasteiger partial charge in [-0.15, -0.1) is 0 Å². The summed E-state index contributed by atoms with van der Waals surface area (Å²) < 4.78 is 16.7. The van der Waals surface area contributed by atoms with Gasteiger partial charge in [-0.25, -0.2) is 4.79 Å². The first-order valence-corrected chi connectivity index (χ1v) is 6.14. The van der Waals surface area contributed by atoms with Crippen LogP contribution in [0.15, 0.2) is 24.3 Å². The van der Waals surface area contributed by atoms with Gasteiger partial charge in [0.1, 0.15) is 5.75 Å². The molecule has 0 bridgehead atoms. The Bertz CT molecular complexity index is 485. The largest absolute Gasteiger partial charge is 0.494 e. The monoisotopic (exact) mass is 263 g/mol. The zero-order valence-electron chi connectivity index (χ0n) is 11.6. The second kappa shape index (κ2) is 4.54. The quantitative estimate of drug-likeness (QED) is 0.819. The molecule has 5 nitrogen and oxygen atoms in total. The molecule has 0 aromatic heterocycles. The number of ether oxygens (including phenoxy) is 1. The fourth-order valence-electron chi connectivity index (χ4n) is 1.82. The molecule has 19 heavy (non-hydrogen) atoms. The van der Waals surface area contributed by atoms with Gasteiger partial charge < -0.3 is 19.8 Å². The molecule has 0 aliphatic carbocycles. The topological polar surface area (TPSA) is 70.8 Å². The Morgan fingerprint density at radius 1 is 1.21 bits per heavy atom. The average molecular weight is 263 g/mol. The third-order valence-corrected chi connectivity index (χ3v) is 3.60. The lowest BCUT2D eigenvalue weighted by Crippen LogP contribution is -2.41. The highest BCUT2D eigenvalue weighted by atomic mass is 16.7. The lowest BCUT2D eigenvalue weighted by molar-refractivity contribution is 0.00578. The van der Waals surface area contributed by atoms with Crippen molar-refractivity contribution < 1.29 is 18.8 Å². The molecule has 2 rings (SSSR count). The summed E-state index contributed by atoms with van der Waals surface area (Å²) in [4.78, 5) is 10.7. The molecular weight excluding hydrogens is 245 g/mol. The Morgan fingerprint density at radius 2 is 1.79 bits per heavy atom. The number of rotatable bonds is 2. The van der Waals surface area contributed by atoms with Gasteiger partial charge in [0.25, 0.3) is 0 Å². The van der Waals surface area contributed by atoms with Crippen molar-refractivity contribution in [3.63, 3.8) is 0 Å². The fourth-order valence-corrected chi connectivity index (χ4v) is 1.82. The molecule has 1 aromatic carbocycles. The van der Waals surface area contributed by atoms with E-state index in [4.69, 9.17) is 19.8 Å². The molecule has 0 radical (unpaired) electrons. The van der Waals surface area contributed by atoms with Crippen LogP contribution >= 0.6 is 0 Å². The van der Waals surface area contributed by atoms with Crippen LogP contribution in [-0.4, -0.2) is 24.4 Å². The molecule has 1 aromatic rings. The van der Waals surface area contributed by atoms with Crippen LogP contribution in [0, 0.1) is 0 Å². The van der Waals surface area contributed by atoms with E-state index in [1.807, 2.05) is 33.8 Å². The minimum Gasteiger partial charge on any atom is -0.411 e. The highest BCUT2D eigenvalue weighted by Crippen LogP contribution is 2.36. The van der Waals surface area contributed by atoms with Gasteiger partial charge in [-0.1, -0.05) is 12.1 Å². The highest BCUT2D eigenvalue weighted by molar-refractivity contribution is 6.62. The van der Waals surface area contributed by atoms with Crippen molar-refractivity contribution in [3.8, 4) is 5.75 Å². The first-order chi connectivity index (χ1) is 8.71. The second-order valence-corrected chi connectivity index (χ2v) is 5.58. The molecule has 0 spiro atoms. The van der Waals surface area contributed by atoms with Crippen molar-refractivity contribution in [2.24, 2.45) is 5.73 Å². The van der Waals surface area contributed by atoms with E-state index >= 15 is 0 Å². The molecule has 1 heterocycles. The number of carbonyl (C=O) groups excluding carboxylic acids is 1. The number of hydrogen-bond acceptors (Lipinski definition) is 4. The van der Waals surface area contributed by atoms with Gasteiger partial charge in [0.05, 0.1) is 11.2 Å². The summed E-state index contributed by atoms with van der Waals surface area (Å²) in [5, 5.41) is 0. The first kappa shape index (κ1) is 13.9. The third-order valence-electron chi connectivity index (χ3n) is 3.60. The lowest BCUT2D eigenvalue weighted by atomic mass is 9.79. The summed E-state index contributed by atoms with van der Waals surface area (Å²) in [6.45, 7) is 7.93. The van der Waals surface area contributed by atoms with E-state index in [2.05, 4.69) is 0 Å². The predicted molar refractivity (Wildman–Crippen MR) is 72.4 cm³/mol. The van der Waals surface area contributed by atoms with E-state index in [1.54, 1.807) is 18.2 Å². The molecule has 0 unspecified atom stereocenters. The van der Waals surface area contributed by atoms with E-state index in [0.717, 1.165) is 5.46 Å². The van der Waals surface area contributed by atoms with E-state index in [-0.39, 0.29) is 0 Å². The second-order valence-electron chi connectivity index (χ2n) is 5.58. The maximum Gasteiger partial charge on any atom is 0.494 e. The smallest absolute Gasteiger partial charge is 0.411 e. The highest BCUT2D eigenvalue weighted by Gasteiger charge is 2.51. The van der Waals surface area contributed by atoms with Crippen molar-refractivity contribution in [1.29, 1.82) is 0 Å². The number of benzene rings is 1. The van der Waals surface area contributed by atoms with Gasteiger partial charge >= 0.3 is 13.2 Å². The maximum atomic E-state index is 10.7. The molecule has 2 N–H and O–H groups in total. The van der Waals surface area contributed by atoms with E-state index < -0.39 is 24.4 Å². The van der Waals surface area contributed by atoms with Gasteiger partial charge in [-0.2, -0.15) is 0 Å². The van der Waals surface area contributed by atoms with Crippen molar-refractivity contribution in [2.45, 2.75) is 38.9 Å². The van der Waals surface area contributed by atoms with E-state index in [9.17, 15) is 4.79 Å². The molecule has 1 saturated heterocycles. The van der Waals surface area contributed by atoms with Crippen LogP contribution in [0.2, 0.25) is 0 Å². The first-order valence-electron chi connectivity index (χ1n) is 6.14. The predicted octanol–water partition coefficient (Wildman–Crippen LogP) is 1.44. The zero-order valence-corrected chi connectivity index (χ0v) is 11.6. The third kappa shape index (κ3) is 2.74. The number of primary amides is 1. The molecule has 6 heteroatoms. The molecular formula is C13H18BNO4. The fraction of sp³-hybridized carbons (Fsp3) is 0.462. The summed E-state index contributed by atoms with van der Waals surface area (Å²) in [6.07, 6.45) is -0.842. The molecule has 1 aliphatic rings. The van der Waals surface area contributed by atoms with Crippen LogP contribution in [0.5, 0.6) is 5.75 Å². The molecule has 1 aliphatic heterocycles. The van der Waals surface area contributed by atoms with Crippen molar-refractivity contribution >= 4 is 18.7 Å². The number of nitrogens with two attached hydrogens (primary N) is 1. The lowest BCUT2D eigenvalue weighted by Gasteiger charge is -2.32. The van der Waals surface area contributed by atoms with Crippen LogP contribution in [0.3, 0.4) is 0 Å². The van der Waals surface area contributed by atoms with Crippen LogP contribution in [0.25, 0.3) is 0 Å².